The Morgan fingerprint density at radius 1 is 1.00 bits per heavy atom. The molecule has 90 valence electrons. The minimum absolute atomic E-state index is 0. The van der Waals surface area contributed by atoms with Crippen LogP contribution in [-0.4, -0.2) is 13.3 Å². The largest absolute Gasteiger partial charge is 1.00 e. The average Bonchev–Trinajstić information content (AvgIpc) is 2.03. The number of rotatable bonds is 3. The van der Waals surface area contributed by atoms with Gasteiger partial charge in [0.2, 0.25) is 0 Å². The van der Waals surface area contributed by atoms with Gasteiger partial charge in [-0.25, -0.2) is 0 Å². The van der Waals surface area contributed by atoms with Crippen molar-refractivity contribution in [3.63, 3.8) is 0 Å². The zero-order valence-corrected chi connectivity index (χ0v) is 11.9. The molecule has 0 amide bonds. The van der Waals surface area contributed by atoms with Gasteiger partial charge >= 0.3 is 64.7 Å². The van der Waals surface area contributed by atoms with Gasteiger partial charge in [-0.3, -0.25) is 0 Å². The first kappa shape index (κ1) is 17.3. The molecule has 0 radical (unpaired) electrons. The molecule has 0 spiro atoms. The molecule has 0 atom stereocenters. The molecule has 1 nitrogen and oxygen atoms in total. The van der Waals surface area contributed by atoms with E-state index in [-0.39, 0.29) is 56.9 Å². The summed E-state index contributed by atoms with van der Waals surface area (Å²) in [5.41, 5.74) is -0.0953. The molecule has 1 aromatic rings. The predicted octanol–water partition coefficient (Wildman–Crippen LogP) is 0.518. The summed E-state index contributed by atoms with van der Waals surface area (Å²) in [5, 5.41) is 0. The number of alkyl halides is 3. The van der Waals surface area contributed by atoms with Crippen molar-refractivity contribution in [3.05, 3.63) is 29.8 Å². The molecular weight excluding hydrogens is 276 g/mol. The maximum Gasteiger partial charge on any atom is 1.00 e. The van der Waals surface area contributed by atoms with E-state index >= 15 is 0 Å². The van der Waals surface area contributed by atoms with Crippen molar-refractivity contribution in [2.75, 3.05) is 0 Å². The van der Waals surface area contributed by atoms with Crippen LogP contribution < -0.4 is 56.1 Å². The number of benzene rings is 1. The summed E-state index contributed by atoms with van der Waals surface area (Å²) in [6, 6.07) is 3.61. The van der Waals surface area contributed by atoms with E-state index in [0.717, 1.165) is 24.3 Å². The van der Waals surface area contributed by atoms with E-state index in [0.29, 0.717) is 0 Å². The second-order valence-electron chi connectivity index (χ2n) is 3.11. The van der Waals surface area contributed by atoms with E-state index in [2.05, 4.69) is 4.74 Å². The molecule has 0 fully saturated rings. The summed E-state index contributed by atoms with van der Waals surface area (Å²) in [7, 11) is 0. The van der Waals surface area contributed by atoms with Crippen molar-refractivity contribution in [2.24, 2.45) is 0 Å². The first-order chi connectivity index (χ1) is 7.16. The van der Waals surface area contributed by atoms with Crippen molar-refractivity contribution in [1.82, 2.24) is 0 Å². The van der Waals surface area contributed by atoms with Crippen LogP contribution in [-0.2, 0) is 6.32 Å². The number of hydrogen-bond acceptors (Lipinski definition) is 1. The third kappa shape index (κ3) is 8.09. The van der Waals surface area contributed by atoms with E-state index in [1.807, 2.05) is 0 Å². The molecule has 0 heterocycles. The first-order valence-corrected chi connectivity index (χ1v) is 4.21. The smallest absolute Gasteiger partial charge is 0.449 e. The molecule has 0 aliphatic carbocycles. The van der Waals surface area contributed by atoms with Gasteiger partial charge in [0.15, 0.2) is 0 Å². The van der Waals surface area contributed by atoms with Gasteiger partial charge in [-0.2, -0.15) is 0 Å². The monoisotopic (exact) mass is 282 g/mol. The van der Waals surface area contributed by atoms with E-state index in [4.69, 9.17) is 0 Å². The van der Waals surface area contributed by atoms with E-state index in [1.165, 1.54) is 0 Å². The molecule has 0 unspecified atom stereocenters. The summed E-state index contributed by atoms with van der Waals surface area (Å²) in [4.78, 5) is 0. The Hall–Kier alpha value is 0.301. The minimum Gasteiger partial charge on any atom is -0.449 e. The molecular formula is C8H6BF6KO. The zero-order chi connectivity index (χ0) is 12.4. The number of hydrogen-bond donors (Lipinski definition) is 0. The molecule has 0 aromatic heterocycles. The zero-order valence-electron chi connectivity index (χ0n) is 8.77. The Labute approximate surface area is 136 Å². The van der Waals surface area contributed by atoms with E-state index in [9.17, 15) is 26.1 Å². The normalized spacial score (nSPS) is 11.9. The van der Waals surface area contributed by atoms with Crippen LogP contribution in [0.2, 0.25) is 0 Å². The van der Waals surface area contributed by atoms with Gasteiger partial charge in [0.1, 0.15) is 5.75 Å². The first-order valence-electron chi connectivity index (χ1n) is 4.21. The summed E-state index contributed by atoms with van der Waals surface area (Å²) < 4.78 is 74.5. The Kier molecular flexibility index (Phi) is 6.58. The standard InChI is InChI=1S/C8H6BF6O.K/c10-8(11,12)16-7-3-1-6(2-4-7)5-9(13,14)15;/h1-4H,5H2;/q-1;+1. The van der Waals surface area contributed by atoms with Crippen molar-refractivity contribution in [1.29, 1.82) is 0 Å². The fourth-order valence-electron chi connectivity index (χ4n) is 1.09. The quantitative estimate of drug-likeness (QED) is 0.580. The summed E-state index contributed by atoms with van der Waals surface area (Å²) >= 11 is 0. The van der Waals surface area contributed by atoms with Crippen molar-refractivity contribution < 1.29 is 82.2 Å². The van der Waals surface area contributed by atoms with Crippen LogP contribution in [0.3, 0.4) is 0 Å². The molecule has 0 saturated heterocycles. The van der Waals surface area contributed by atoms with Crippen molar-refractivity contribution >= 4 is 6.98 Å². The van der Waals surface area contributed by atoms with Crippen LogP contribution in [0.25, 0.3) is 0 Å². The third-order valence-electron chi connectivity index (χ3n) is 1.62. The van der Waals surface area contributed by atoms with Crippen LogP contribution in [0.15, 0.2) is 24.3 Å². The Morgan fingerprint density at radius 2 is 1.47 bits per heavy atom. The summed E-state index contributed by atoms with van der Waals surface area (Å²) in [6.45, 7) is -4.99. The van der Waals surface area contributed by atoms with Gasteiger partial charge < -0.3 is 17.7 Å². The molecule has 0 N–H and O–H groups in total. The van der Waals surface area contributed by atoms with Crippen LogP contribution in [0.4, 0.5) is 26.1 Å². The maximum atomic E-state index is 12.0. The molecule has 1 rings (SSSR count). The topological polar surface area (TPSA) is 9.23 Å². The van der Waals surface area contributed by atoms with Gasteiger partial charge in [-0.1, -0.05) is 24.0 Å². The van der Waals surface area contributed by atoms with Crippen molar-refractivity contribution in [2.45, 2.75) is 12.7 Å². The van der Waals surface area contributed by atoms with Crippen LogP contribution in [0, 0.1) is 0 Å². The second kappa shape index (κ2) is 6.46. The SMILES string of the molecule is F[B-](F)(F)Cc1ccc(OC(F)(F)F)cc1.[K+]. The van der Waals surface area contributed by atoms with Crippen LogP contribution in [0.1, 0.15) is 5.56 Å². The van der Waals surface area contributed by atoms with Crippen LogP contribution >= 0.6 is 0 Å². The Bertz CT molecular complexity index is 312. The van der Waals surface area contributed by atoms with Crippen LogP contribution in [0.5, 0.6) is 5.75 Å². The Balaban J connectivity index is 0.00000256. The second-order valence-corrected chi connectivity index (χ2v) is 3.11. The van der Waals surface area contributed by atoms with Gasteiger partial charge in [0.05, 0.1) is 0 Å². The van der Waals surface area contributed by atoms with Gasteiger partial charge in [-0.05, 0) is 12.1 Å². The van der Waals surface area contributed by atoms with Gasteiger partial charge in [0.25, 0.3) is 0 Å². The molecule has 0 saturated carbocycles. The van der Waals surface area contributed by atoms with Gasteiger partial charge in [-0.15, -0.1) is 13.2 Å². The predicted molar refractivity (Wildman–Crippen MR) is 45.9 cm³/mol. The molecule has 0 aliphatic heterocycles. The number of halogens is 6. The fraction of sp³-hybridized carbons (Fsp3) is 0.250. The van der Waals surface area contributed by atoms with E-state index < -0.39 is 25.4 Å². The summed E-state index contributed by atoms with van der Waals surface area (Å²) in [5.74, 6) is -0.536. The minimum atomic E-state index is -4.99. The molecule has 17 heavy (non-hydrogen) atoms. The number of ether oxygens (including phenoxy) is 1. The third-order valence-corrected chi connectivity index (χ3v) is 1.62. The van der Waals surface area contributed by atoms with E-state index in [1.54, 1.807) is 0 Å². The maximum absolute atomic E-state index is 12.0. The average molecular weight is 282 g/mol. The molecule has 0 bridgehead atoms. The molecule has 9 heteroatoms. The molecule has 1 aromatic carbocycles. The Morgan fingerprint density at radius 3 is 1.82 bits per heavy atom. The van der Waals surface area contributed by atoms with Crippen molar-refractivity contribution in [3.8, 4) is 5.75 Å². The van der Waals surface area contributed by atoms with Gasteiger partial charge in [0, 0.05) is 0 Å². The summed E-state index contributed by atoms with van der Waals surface area (Å²) in [6.07, 6.45) is -5.96. The molecule has 0 aliphatic rings. The fourth-order valence-corrected chi connectivity index (χ4v) is 1.09.